The Balaban J connectivity index is 1.99. The van der Waals surface area contributed by atoms with E-state index >= 15 is 0 Å². The van der Waals surface area contributed by atoms with E-state index in [1.165, 1.54) is 0 Å². The first kappa shape index (κ1) is 15.1. The molecule has 118 valence electrons. The van der Waals surface area contributed by atoms with Crippen LogP contribution in [0.3, 0.4) is 0 Å². The van der Waals surface area contributed by atoms with Gasteiger partial charge in [-0.25, -0.2) is 13.8 Å². The van der Waals surface area contributed by atoms with Gasteiger partial charge in [0.25, 0.3) is 0 Å². The molecule has 0 fully saturated rings. The van der Waals surface area contributed by atoms with Crippen molar-refractivity contribution in [2.24, 2.45) is 5.73 Å². The van der Waals surface area contributed by atoms with E-state index < -0.39 is 17.7 Å². The third kappa shape index (κ3) is 3.04. The smallest absolute Gasteiger partial charge is 0.240 e. The lowest BCUT2D eigenvalue weighted by molar-refractivity contribution is -0.117. The Labute approximate surface area is 130 Å². The molecule has 1 aromatic heterocycles. The zero-order valence-corrected chi connectivity index (χ0v) is 12.2. The summed E-state index contributed by atoms with van der Waals surface area (Å²) in [5.74, 6) is -1.23. The minimum absolute atomic E-state index is 0.0439. The third-order valence-electron chi connectivity index (χ3n) is 3.35. The van der Waals surface area contributed by atoms with Crippen molar-refractivity contribution < 1.29 is 13.6 Å². The number of aromatic nitrogens is 2. The van der Waals surface area contributed by atoms with Gasteiger partial charge in [-0.2, -0.15) is 0 Å². The number of carbonyl (C=O) groups excluding carboxylic acids is 1. The first-order valence-corrected chi connectivity index (χ1v) is 6.95. The second kappa shape index (κ2) is 5.77. The second-order valence-corrected chi connectivity index (χ2v) is 5.22. The van der Waals surface area contributed by atoms with Gasteiger partial charge < -0.3 is 16.0 Å². The van der Waals surface area contributed by atoms with Crippen LogP contribution < -0.4 is 11.1 Å². The van der Waals surface area contributed by atoms with Crippen molar-refractivity contribution in [3.63, 3.8) is 0 Å². The van der Waals surface area contributed by atoms with Gasteiger partial charge in [-0.15, -0.1) is 0 Å². The van der Waals surface area contributed by atoms with E-state index in [1.54, 1.807) is 25.1 Å². The highest BCUT2D eigenvalue weighted by Crippen LogP contribution is 2.25. The fourth-order valence-corrected chi connectivity index (χ4v) is 2.15. The average Bonchev–Trinajstić information content (AvgIpc) is 2.92. The fraction of sp³-hybridized carbons (Fsp3) is 0.125. The second-order valence-electron chi connectivity index (χ2n) is 5.22. The maximum Gasteiger partial charge on any atom is 0.240 e. The number of imidazole rings is 1. The summed E-state index contributed by atoms with van der Waals surface area (Å²) < 4.78 is 27.1. The highest BCUT2D eigenvalue weighted by atomic mass is 19.1. The summed E-state index contributed by atoms with van der Waals surface area (Å²) in [4.78, 5) is 18.8. The molecule has 3 aromatic rings. The predicted octanol–water partition coefficient (Wildman–Crippen LogP) is 2.79. The van der Waals surface area contributed by atoms with Crippen molar-refractivity contribution in [2.45, 2.75) is 13.0 Å². The van der Waals surface area contributed by atoms with Crippen LogP contribution in [-0.4, -0.2) is 21.9 Å². The first-order valence-electron chi connectivity index (χ1n) is 6.95. The van der Waals surface area contributed by atoms with Crippen LogP contribution >= 0.6 is 0 Å². The zero-order chi connectivity index (χ0) is 16.6. The van der Waals surface area contributed by atoms with E-state index in [0.29, 0.717) is 16.7 Å². The zero-order valence-electron chi connectivity index (χ0n) is 12.2. The molecule has 0 saturated carbocycles. The minimum atomic E-state index is -0.635. The number of benzene rings is 2. The first-order chi connectivity index (χ1) is 10.9. The molecule has 0 aliphatic carbocycles. The summed E-state index contributed by atoms with van der Waals surface area (Å²) in [6, 6.07) is 7.52. The molecule has 0 spiro atoms. The van der Waals surface area contributed by atoms with E-state index in [9.17, 15) is 13.6 Å². The van der Waals surface area contributed by atoms with Gasteiger partial charge in [0.15, 0.2) is 0 Å². The van der Waals surface area contributed by atoms with Gasteiger partial charge in [0.1, 0.15) is 17.5 Å². The number of rotatable bonds is 3. The van der Waals surface area contributed by atoms with Crippen LogP contribution in [-0.2, 0) is 4.79 Å². The lowest BCUT2D eigenvalue weighted by atomic mass is 10.2. The van der Waals surface area contributed by atoms with E-state index in [1.807, 2.05) is 0 Å². The normalized spacial score (nSPS) is 12.3. The maximum atomic E-state index is 13.8. The Morgan fingerprint density at radius 3 is 2.78 bits per heavy atom. The Kier molecular flexibility index (Phi) is 3.79. The van der Waals surface area contributed by atoms with Gasteiger partial charge in [-0.3, -0.25) is 4.79 Å². The Bertz CT molecular complexity index is 889. The molecule has 2 aromatic carbocycles. The molecule has 1 amide bonds. The number of hydrogen-bond donors (Lipinski definition) is 3. The number of nitrogens with two attached hydrogens (primary N) is 1. The van der Waals surface area contributed by atoms with Gasteiger partial charge in [-0.1, -0.05) is 0 Å². The molecular weight excluding hydrogens is 302 g/mol. The lowest BCUT2D eigenvalue weighted by Gasteiger charge is -2.07. The van der Waals surface area contributed by atoms with Crippen LogP contribution in [0.2, 0.25) is 0 Å². The summed E-state index contributed by atoms with van der Waals surface area (Å²) in [6.45, 7) is 1.58. The van der Waals surface area contributed by atoms with Gasteiger partial charge in [-0.05, 0) is 43.3 Å². The number of hydrogen-bond acceptors (Lipinski definition) is 3. The average molecular weight is 316 g/mol. The van der Waals surface area contributed by atoms with Crippen LogP contribution in [0, 0.1) is 11.6 Å². The van der Waals surface area contributed by atoms with E-state index in [-0.39, 0.29) is 17.3 Å². The molecular formula is C16H14F2N4O. The molecule has 5 nitrogen and oxygen atoms in total. The van der Waals surface area contributed by atoms with Crippen LogP contribution in [0.5, 0.6) is 0 Å². The number of amides is 1. The van der Waals surface area contributed by atoms with Crippen LogP contribution in [0.25, 0.3) is 22.4 Å². The number of nitrogens with one attached hydrogen (secondary N) is 2. The Hall–Kier alpha value is -2.80. The minimum Gasteiger partial charge on any atom is -0.338 e. The van der Waals surface area contributed by atoms with Crippen LogP contribution in [0.4, 0.5) is 14.5 Å². The van der Waals surface area contributed by atoms with Crippen molar-refractivity contribution in [1.82, 2.24) is 9.97 Å². The van der Waals surface area contributed by atoms with Gasteiger partial charge in [0.2, 0.25) is 5.91 Å². The van der Waals surface area contributed by atoms with Crippen molar-refractivity contribution in [2.75, 3.05) is 5.32 Å². The number of aromatic amines is 1. The molecule has 0 bridgehead atoms. The van der Waals surface area contributed by atoms with E-state index in [2.05, 4.69) is 15.3 Å². The largest absolute Gasteiger partial charge is 0.338 e. The van der Waals surface area contributed by atoms with Crippen LogP contribution in [0.1, 0.15) is 6.92 Å². The molecule has 0 radical (unpaired) electrons. The van der Waals surface area contributed by atoms with Crippen molar-refractivity contribution in [1.29, 1.82) is 0 Å². The van der Waals surface area contributed by atoms with Gasteiger partial charge >= 0.3 is 0 Å². The summed E-state index contributed by atoms with van der Waals surface area (Å²) in [6.07, 6.45) is 0. The van der Waals surface area contributed by atoms with E-state index in [0.717, 1.165) is 18.2 Å². The van der Waals surface area contributed by atoms with Crippen molar-refractivity contribution in [3.8, 4) is 11.4 Å². The molecule has 0 saturated heterocycles. The maximum absolute atomic E-state index is 13.8. The number of nitrogens with zero attached hydrogens (tertiary/aromatic N) is 1. The number of anilines is 1. The number of halogens is 2. The van der Waals surface area contributed by atoms with Gasteiger partial charge in [0.05, 0.1) is 22.6 Å². The standard InChI is InChI=1S/C16H14F2N4O/c1-8(19)16(23)20-10-3-5-13-14(7-10)22-15(21-13)11-6-9(17)2-4-12(11)18/h2-8H,19H2,1H3,(H,20,23)(H,21,22)/t8-/m1/s1. The van der Waals surface area contributed by atoms with Crippen molar-refractivity contribution >= 4 is 22.6 Å². The Morgan fingerprint density at radius 2 is 2.04 bits per heavy atom. The lowest BCUT2D eigenvalue weighted by Crippen LogP contribution is -2.32. The predicted molar refractivity (Wildman–Crippen MR) is 83.7 cm³/mol. The molecule has 1 atom stereocenters. The quantitative estimate of drug-likeness (QED) is 0.695. The summed E-state index contributed by atoms with van der Waals surface area (Å²) in [7, 11) is 0. The van der Waals surface area contributed by atoms with E-state index in [4.69, 9.17) is 5.73 Å². The molecule has 0 aliphatic rings. The topological polar surface area (TPSA) is 83.8 Å². The molecule has 0 aliphatic heterocycles. The molecule has 4 N–H and O–H groups in total. The molecule has 3 rings (SSSR count). The fourth-order valence-electron chi connectivity index (χ4n) is 2.15. The summed E-state index contributed by atoms with van der Waals surface area (Å²) in [5, 5.41) is 2.66. The molecule has 7 heteroatoms. The SMILES string of the molecule is C[C@@H](N)C(=O)Nc1ccc2nc(-c3cc(F)ccc3F)[nH]c2c1. The summed E-state index contributed by atoms with van der Waals surface area (Å²) in [5.41, 5.74) is 7.24. The van der Waals surface area contributed by atoms with Gasteiger partial charge in [0, 0.05) is 5.69 Å². The number of fused-ring (bicyclic) bond motifs is 1. The Morgan fingerprint density at radius 1 is 1.26 bits per heavy atom. The van der Waals surface area contributed by atoms with Crippen molar-refractivity contribution in [3.05, 3.63) is 48.0 Å². The highest BCUT2D eigenvalue weighted by Gasteiger charge is 2.13. The third-order valence-corrected chi connectivity index (χ3v) is 3.35. The summed E-state index contributed by atoms with van der Waals surface area (Å²) >= 11 is 0. The molecule has 23 heavy (non-hydrogen) atoms. The molecule has 0 unspecified atom stereocenters. The van der Waals surface area contributed by atoms with Crippen LogP contribution in [0.15, 0.2) is 36.4 Å². The monoisotopic (exact) mass is 316 g/mol. The number of H-pyrrole nitrogens is 1. The molecule has 1 heterocycles. The number of carbonyl (C=O) groups is 1. The highest BCUT2D eigenvalue weighted by molar-refractivity contribution is 5.96.